The van der Waals surface area contributed by atoms with Gasteiger partial charge in [-0.05, 0) is 24.3 Å². The van der Waals surface area contributed by atoms with Crippen molar-refractivity contribution in [1.29, 1.82) is 0 Å². The highest BCUT2D eigenvalue weighted by Gasteiger charge is 2.27. The third-order valence-corrected chi connectivity index (χ3v) is 5.57. The summed E-state index contributed by atoms with van der Waals surface area (Å²) >= 11 is 1.15. The molecule has 0 aliphatic carbocycles. The van der Waals surface area contributed by atoms with Crippen molar-refractivity contribution in [2.45, 2.75) is 24.0 Å². The smallest absolute Gasteiger partial charge is 0.321 e. The molecule has 9 nitrogen and oxygen atoms in total. The molecule has 1 atom stereocenters. The second-order valence-corrected chi connectivity index (χ2v) is 7.96. The summed E-state index contributed by atoms with van der Waals surface area (Å²) in [5.41, 5.74) is 0.880. The molecule has 0 bridgehead atoms. The number of anilines is 1. The van der Waals surface area contributed by atoms with Crippen molar-refractivity contribution in [1.82, 2.24) is 25.4 Å². The number of halogens is 1. The SMILES string of the molecule is O=C1CC(Cc2nnc(SCC(=O)Nc3ccccc3F)n2-c2ccccc2)NC(=O)N1. The van der Waals surface area contributed by atoms with Crippen molar-refractivity contribution in [3.8, 4) is 5.69 Å². The Balaban J connectivity index is 1.52. The van der Waals surface area contributed by atoms with E-state index in [4.69, 9.17) is 0 Å². The lowest BCUT2D eigenvalue weighted by atomic mass is 10.1. The number of benzene rings is 2. The maximum absolute atomic E-state index is 13.8. The van der Waals surface area contributed by atoms with Crippen LogP contribution in [0.3, 0.4) is 0 Å². The minimum atomic E-state index is -0.545. The number of nitrogens with zero attached hydrogens (tertiary/aromatic N) is 3. The Kier molecular flexibility index (Phi) is 6.45. The van der Waals surface area contributed by atoms with E-state index >= 15 is 0 Å². The average molecular weight is 454 g/mol. The number of carbonyl (C=O) groups excluding carboxylic acids is 3. The lowest BCUT2D eigenvalue weighted by Gasteiger charge is -2.23. The number of imide groups is 1. The number of para-hydroxylation sites is 2. The Morgan fingerprint density at radius 3 is 2.62 bits per heavy atom. The average Bonchev–Trinajstić information content (AvgIpc) is 3.16. The summed E-state index contributed by atoms with van der Waals surface area (Å²) in [6.45, 7) is 0. The first kappa shape index (κ1) is 21.5. The molecular formula is C21H19FN6O3S. The van der Waals surface area contributed by atoms with Gasteiger partial charge < -0.3 is 10.6 Å². The van der Waals surface area contributed by atoms with Gasteiger partial charge in [-0.2, -0.15) is 0 Å². The standard InChI is InChI=1S/C21H19FN6O3S/c22-15-8-4-5-9-16(15)24-19(30)12-32-21-27-26-17(28(21)14-6-2-1-3-7-14)10-13-11-18(29)25-20(31)23-13/h1-9,13H,10-12H2,(H,24,30)(H2,23,25,29,31). The fourth-order valence-electron chi connectivity index (χ4n) is 3.26. The summed E-state index contributed by atoms with van der Waals surface area (Å²) in [6, 6.07) is 14.3. The molecule has 0 spiro atoms. The monoisotopic (exact) mass is 454 g/mol. The Morgan fingerprint density at radius 1 is 1.12 bits per heavy atom. The number of carbonyl (C=O) groups is 3. The molecule has 3 N–H and O–H groups in total. The zero-order valence-corrected chi connectivity index (χ0v) is 17.6. The number of nitrogens with one attached hydrogen (secondary N) is 3. The van der Waals surface area contributed by atoms with E-state index in [0.29, 0.717) is 11.0 Å². The van der Waals surface area contributed by atoms with Gasteiger partial charge in [-0.25, -0.2) is 9.18 Å². The summed E-state index contributed by atoms with van der Waals surface area (Å²) in [6.07, 6.45) is 0.407. The number of urea groups is 1. The fourth-order valence-corrected chi connectivity index (χ4v) is 4.03. The highest BCUT2D eigenvalue weighted by atomic mass is 32.2. The maximum atomic E-state index is 13.8. The molecule has 11 heteroatoms. The van der Waals surface area contributed by atoms with E-state index in [1.54, 1.807) is 16.7 Å². The van der Waals surface area contributed by atoms with Gasteiger partial charge in [0, 0.05) is 24.6 Å². The summed E-state index contributed by atoms with van der Waals surface area (Å²) in [4.78, 5) is 35.7. The summed E-state index contributed by atoms with van der Waals surface area (Å²) in [7, 11) is 0. The molecule has 4 rings (SSSR count). The molecular weight excluding hydrogens is 435 g/mol. The van der Waals surface area contributed by atoms with Crippen molar-refractivity contribution in [2.75, 3.05) is 11.1 Å². The molecule has 1 aliphatic rings. The molecule has 1 aromatic heterocycles. The Bertz CT molecular complexity index is 1140. The highest BCUT2D eigenvalue weighted by molar-refractivity contribution is 7.99. The topological polar surface area (TPSA) is 118 Å². The van der Waals surface area contributed by atoms with E-state index in [-0.39, 0.29) is 36.1 Å². The van der Waals surface area contributed by atoms with Crippen LogP contribution in [0.15, 0.2) is 59.8 Å². The van der Waals surface area contributed by atoms with Gasteiger partial charge in [0.1, 0.15) is 11.6 Å². The van der Waals surface area contributed by atoms with Crippen molar-refractivity contribution in [3.05, 3.63) is 66.2 Å². The highest BCUT2D eigenvalue weighted by Crippen LogP contribution is 2.24. The Labute approximate surface area is 186 Å². The molecule has 164 valence electrons. The zero-order chi connectivity index (χ0) is 22.5. The van der Waals surface area contributed by atoms with Crippen LogP contribution in [-0.4, -0.2) is 44.4 Å². The predicted molar refractivity (Wildman–Crippen MR) is 116 cm³/mol. The predicted octanol–water partition coefficient (Wildman–Crippen LogP) is 2.28. The molecule has 3 aromatic rings. The van der Waals surface area contributed by atoms with Gasteiger partial charge in [-0.1, -0.05) is 42.1 Å². The van der Waals surface area contributed by atoms with Crippen molar-refractivity contribution in [3.63, 3.8) is 0 Å². The van der Waals surface area contributed by atoms with Gasteiger partial charge in [0.15, 0.2) is 5.16 Å². The van der Waals surface area contributed by atoms with Gasteiger partial charge >= 0.3 is 6.03 Å². The second-order valence-electron chi connectivity index (χ2n) is 7.01. The first-order chi connectivity index (χ1) is 15.5. The number of thioether (sulfide) groups is 1. The molecule has 1 saturated heterocycles. The lowest BCUT2D eigenvalue weighted by molar-refractivity contribution is -0.121. The maximum Gasteiger partial charge on any atom is 0.321 e. The summed E-state index contributed by atoms with van der Waals surface area (Å²) < 4.78 is 15.6. The van der Waals surface area contributed by atoms with E-state index in [9.17, 15) is 18.8 Å². The van der Waals surface area contributed by atoms with Crippen molar-refractivity contribution < 1.29 is 18.8 Å². The first-order valence-electron chi connectivity index (χ1n) is 9.77. The molecule has 4 amide bonds. The van der Waals surface area contributed by atoms with Gasteiger partial charge in [0.25, 0.3) is 0 Å². The van der Waals surface area contributed by atoms with Crippen LogP contribution in [0.5, 0.6) is 0 Å². The molecule has 2 aromatic carbocycles. The molecule has 2 heterocycles. The minimum Gasteiger partial charge on any atom is -0.334 e. The van der Waals surface area contributed by atoms with Crippen LogP contribution >= 0.6 is 11.8 Å². The van der Waals surface area contributed by atoms with Crippen LogP contribution in [0, 0.1) is 5.82 Å². The lowest BCUT2D eigenvalue weighted by Crippen LogP contribution is -2.53. The van der Waals surface area contributed by atoms with Crippen LogP contribution in [0.1, 0.15) is 12.2 Å². The van der Waals surface area contributed by atoms with Crippen LogP contribution in [0.4, 0.5) is 14.9 Å². The largest absolute Gasteiger partial charge is 0.334 e. The third-order valence-electron chi connectivity index (χ3n) is 4.64. The number of hydrogen-bond donors (Lipinski definition) is 3. The van der Waals surface area contributed by atoms with Gasteiger partial charge in [-0.15, -0.1) is 10.2 Å². The number of rotatable bonds is 7. The first-order valence-corrected chi connectivity index (χ1v) is 10.8. The Morgan fingerprint density at radius 2 is 1.88 bits per heavy atom. The minimum absolute atomic E-state index is 0.0120. The van der Waals surface area contributed by atoms with E-state index in [2.05, 4.69) is 26.1 Å². The third kappa shape index (κ3) is 5.11. The zero-order valence-electron chi connectivity index (χ0n) is 16.7. The van der Waals surface area contributed by atoms with Crippen LogP contribution in [0.25, 0.3) is 5.69 Å². The van der Waals surface area contributed by atoms with Gasteiger partial charge in [-0.3, -0.25) is 19.5 Å². The molecule has 1 fully saturated rings. The fraction of sp³-hybridized carbons (Fsp3) is 0.190. The van der Waals surface area contributed by atoms with Crippen molar-refractivity contribution in [2.24, 2.45) is 0 Å². The van der Waals surface area contributed by atoms with Gasteiger partial charge in [0.2, 0.25) is 11.8 Å². The van der Waals surface area contributed by atoms with Crippen LogP contribution < -0.4 is 16.0 Å². The van der Waals surface area contributed by atoms with E-state index in [1.165, 1.54) is 12.1 Å². The van der Waals surface area contributed by atoms with E-state index in [0.717, 1.165) is 17.4 Å². The van der Waals surface area contributed by atoms with E-state index in [1.807, 2.05) is 30.3 Å². The van der Waals surface area contributed by atoms with Gasteiger partial charge in [0.05, 0.1) is 11.4 Å². The normalized spacial score (nSPS) is 15.7. The molecule has 0 saturated carbocycles. The summed E-state index contributed by atoms with van der Waals surface area (Å²) in [5, 5.41) is 16.3. The molecule has 0 radical (unpaired) electrons. The van der Waals surface area contributed by atoms with Crippen LogP contribution in [-0.2, 0) is 16.0 Å². The second kappa shape index (κ2) is 9.60. The number of aromatic nitrogens is 3. The molecule has 32 heavy (non-hydrogen) atoms. The number of amides is 4. The molecule has 1 unspecified atom stereocenters. The molecule has 1 aliphatic heterocycles. The van der Waals surface area contributed by atoms with Crippen LogP contribution in [0.2, 0.25) is 0 Å². The van der Waals surface area contributed by atoms with E-state index < -0.39 is 17.9 Å². The summed E-state index contributed by atoms with van der Waals surface area (Å²) in [5.74, 6) is -0.737. The quantitative estimate of drug-likeness (QED) is 0.472. The Hall–Kier alpha value is -3.73. The number of hydrogen-bond acceptors (Lipinski definition) is 6. The van der Waals surface area contributed by atoms with Crippen molar-refractivity contribution >= 4 is 35.3 Å².